The Bertz CT molecular complexity index is 930. The van der Waals surface area contributed by atoms with Gasteiger partial charge in [0.05, 0.1) is 10.4 Å². The maximum Gasteiger partial charge on any atom is 0.268 e. The molecule has 0 amide bonds. The van der Waals surface area contributed by atoms with Gasteiger partial charge in [0, 0.05) is 22.2 Å². The monoisotopic (exact) mass is 319 g/mol. The Kier molecular flexibility index (Phi) is 3.31. The SMILES string of the molecule is O=Cc1cn(S(=O)(=O)c2ccccc2)c2ccc(Cl)cc12. The largest absolute Gasteiger partial charge is 0.298 e. The number of aldehydes is 1. The van der Waals surface area contributed by atoms with Crippen molar-refractivity contribution < 1.29 is 13.2 Å². The second kappa shape index (κ2) is 5.02. The first kappa shape index (κ1) is 13.9. The minimum atomic E-state index is -3.75. The third-order valence-corrected chi connectivity index (χ3v) is 5.11. The molecule has 0 radical (unpaired) electrons. The maximum atomic E-state index is 12.7. The summed E-state index contributed by atoms with van der Waals surface area (Å²) in [7, 11) is -3.75. The Morgan fingerprint density at radius 3 is 2.43 bits per heavy atom. The number of carbonyl (C=O) groups excluding carboxylic acids is 1. The fourth-order valence-corrected chi connectivity index (χ4v) is 3.77. The van der Waals surface area contributed by atoms with Gasteiger partial charge in [-0.1, -0.05) is 29.8 Å². The van der Waals surface area contributed by atoms with Crippen LogP contribution in [0.3, 0.4) is 0 Å². The lowest BCUT2D eigenvalue weighted by atomic mass is 10.2. The summed E-state index contributed by atoms with van der Waals surface area (Å²) < 4.78 is 26.5. The molecule has 0 bridgehead atoms. The Morgan fingerprint density at radius 1 is 1.05 bits per heavy atom. The second-order valence-corrected chi connectivity index (χ2v) is 6.73. The molecule has 0 unspecified atom stereocenters. The van der Waals surface area contributed by atoms with Crippen molar-refractivity contribution in [2.45, 2.75) is 4.90 Å². The summed E-state index contributed by atoms with van der Waals surface area (Å²) in [5.74, 6) is 0. The maximum absolute atomic E-state index is 12.7. The summed E-state index contributed by atoms with van der Waals surface area (Å²) in [5.41, 5.74) is 0.706. The first-order valence-electron chi connectivity index (χ1n) is 6.10. The molecule has 2 aromatic carbocycles. The molecular formula is C15H10ClNO3S. The van der Waals surface area contributed by atoms with Gasteiger partial charge in [-0.25, -0.2) is 12.4 Å². The van der Waals surface area contributed by atoms with Gasteiger partial charge in [0.2, 0.25) is 0 Å². The highest BCUT2D eigenvalue weighted by Gasteiger charge is 2.20. The number of hydrogen-bond donors (Lipinski definition) is 0. The standard InChI is InChI=1S/C15H10ClNO3S/c16-12-6-7-15-14(8-12)11(10-18)9-17(15)21(19,20)13-4-2-1-3-5-13/h1-10H. The molecule has 6 heteroatoms. The molecule has 0 aliphatic rings. The predicted molar refractivity (Wildman–Crippen MR) is 81.4 cm³/mol. The van der Waals surface area contributed by atoms with E-state index < -0.39 is 10.0 Å². The van der Waals surface area contributed by atoms with Gasteiger partial charge in [0.15, 0.2) is 6.29 Å². The van der Waals surface area contributed by atoms with Gasteiger partial charge in [-0.05, 0) is 30.3 Å². The number of rotatable bonds is 3. The first-order valence-corrected chi connectivity index (χ1v) is 7.92. The first-order chi connectivity index (χ1) is 10.0. The molecule has 0 N–H and O–H groups in total. The molecule has 21 heavy (non-hydrogen) atoms. The van der Waals surface area contributed by atoms with Crippen molar-refractivity contribution in [2.24, 2.45) is 0 Å². The Balaban J connectivity index is 2.33. The van der Waals surface area contributed by atoms with Crippen LogP contribution < -0.4 is 0 Å². The summed E-state index contributed by atoms with van der Waals surface area (Å²) in [6.07, 6.45) is 1.94. The zero-order chi connectivity index (χ0) is 15.0. The summed E-state index contributed by atoms with van der Waals surface area (Å²) in [5, 5.41) is 0.956. The summed E-state index contributed by atoms with van der Waals surface area (Å²) >= 11 is 5.91. The van der Waals surface area contributed by atoms with Gasteiger partial charge in [0.1, 0.15) is 0 Å². The van der Waals surface area contributed by atoms with Crippen molar-refractivity contribution in [1.29, 1.82) is 0 Å². The minimum Gasteiger partial charge on any atom is -0.298 e. The number of nitrogens with zero attached hydrogens (tertiary/aromatic N) is 1. The minimum absolute atomic E-state index is 0.161. The highest BCUT2D eigenvalue weighted by Crippen LogP contribution is 2.27. The van der Waals surface area contributed by atoms with E-state index in [1.165, 1.54) is 18.3 Å². The Hall–Kier alpha value is -2.11. The quantitative estimate of drug-likeness (QED) is 0.696. The Morgan fingerprint density at radius 2 is 1.76 bits per heavy atom. The molecule has 106 valence electrons. The molecule has 1 heterocycles. The van der Waals surface area contributed by atoms with E-state index in [1.807, 2.05) is 0 Å². The average Bonchev–Trinajstić information content (AvgIpc) is 2.86. The fraction of sp³-hybridized carbons (Fsp3) is 0. The van der Waals surface area contributed by atoms with E-state index in [4.69, 9.17) is 11.6 Å². The Labute approximate surface area is 126 Å². The average molecular weight is 320 g/mol. The van der Waals surface area contributed by atoms with Gasteiger partial charge in [-0.3, -0.25) is 4.79 Å². The van der Waals surface area contributed by atoms with E-state index >= 15 is 0 Å². The molecule has 0 atom stereocenters. The zero-order valence-corrected chi connectivity index (χ0v) is 12.3. The van der Waals surface area contributed by atoms with Crippen LogP contribution in [0.25, 0.3) is 10.9 Å². The molecule has 0 aliphatic carbocycles. The van der Waals surface area contributed by atoms with Crippen molar-refractivity contribution in [1.82, 2.24) is 3.97 Å². The highest BCUT2D eigenvalue weighted by molar-refractivity contribution is 7.90. The predicted octanol–water partition coefficient (Wildman–Crippen LogP) is 3.34. The van der Waals surface area contributed by atoms with Crippen LogP contribution in [-0.2, 0) is 10.0 Å². The van der Waals surface area contributed by atoms with E-state index in [9.17, 15) is 13.2 Å². The topological polar surface area (TPSA) is 56.1 Å². The van der Waals surface area contributed by atoms with Crippen LogP contribution in [0, 0.1) is 0 Å². The van der Waals surface area contributed by atoms with Gasteiger partial charge < -0.3 is 0 Å². The van der Waals surface area contributed by atoms with Crippen LogP contribution in [0.15, 0.2) is 59.6 Å². The van der Waals surface area contributed by atoms with E-state index in [2.05, 4.69) is 0 Å². The van der Waals surface area contributed by atoms with Crippen molar-refractivity contribution in [3.63, 3.8) is 0 Å². The molecule has 0 saturated carbocycles. The van der Waals surface area contributed by atoms with Crippen LogP contribution in [0.2, 0.25) is 5.02 Å². The van der Waals surface area contributed by atoms with Crippen LogP contribution in [0.1, 0.15) is 10.4 Å². The van der Waals surface area contributed by atoms with Crippen LogP contribution in [0.4, 0.5) is 0 Å². The van der Waals surface area contributed by atoms with Crippen molar-refractivity contribution in [3.8, 4) is 0 Å². The van der Waals surface area contributed by atoms with Crippen LogP contribution in [0.5, 0.6) is 0 Å². The summed E-state index contributed by atoms with van der Waals surface area (Å²) in [6.45, 7) is 0. The molecule has 3 aromatic rings. The van der Waals surface area contributed by atoms with E-state index in [1.54, 1.807) is 36.4 Å². The molecule has 0 aliphatic heterocycles. The number of benzene rings is 2. The van der Waals surface area contributed by atoms with Crippen LogP contribution >= 0.6 is 11.6 Å². The smallest absolute Gasteiger partial charge is 0.268 e. The molecular weight excluding hydrogens is 310 g/mol. The summed E-state index contributed by atoms with van der Waals surface area (Å²) in [4.78, 5) is 11.3. The lowest BCUT2D eigenvalue weighted by molar-refractivity contribution is 0.112. The van der Waals surface area contributed by atoms with E-state index in [-0.39, 0.29) is 10.5 Å². The molecule has 0 spiro atoms. The second-order valence-electron chi connectivity index (χ2n) is 4.48. The van der Waals surface area contributed by atoms with Crippen molar-refractivity contribution in [3.05, 3.63) is 65.3 Å². The molecule has 3 rings (SSSR count). The highest BCUT2D eigenvalue weighted by atomic mass is 35.5. The number of carbonyl (C=O) groups is 1. The lowest BCUT2D eigenvalue weighted by Crippen LogP contribution is -2.11. The van der Waals surface area contributed by atoms with Gasteiger partial charge in [0.25, 0.3) is 10.0 Å². The number of aromatic nitrogens is 1. The normalized spacial score (nSPS) is 11.7. The third kappa shape index (κ3) is 2.24. The third-order valence-electron chi connectivity index (χ3n) is 3.19. The van der Waals surface area contributed by atoms with Crippen LogP contribution in [-0.4, -0.2) is 18.7 Å². The van der Waals surface area contributed by atoms with Crippen molar-refractivity contribution >= 4 is 38.8 Å². The molecule has 0 saturated heterocycles. The molecule has 0 fully saturated rings. The fourth-order valence-electron chi connectivity index (χ4n) is 2.20. The van der Waals surface area contributed by atoms with Crippen molar-refractivity contribution in [2.75, 3.05) is 0 Å². The summed E-state index contributed by atoms with van der Waals surface area (Å²) in [6, 6.07) is 12.8. The zero-order valence-electron chi connectivity index (χ0n) is 10.7. The number of hydrogen-bond acceptors (Lipinski definition) is 3. The van der Waals surface area contributed by atoms with Gasteiger partial charge >= 0.3 is 0 Å². The van der Waals surface area contributed by atoms with Gasteiger partial charge in [-0.15, -0.1) is 0 Å². The molecule has 1 aromatic heterocycles. The van der Waals surface area contributed by atoms with E-state index in [0.29, 0.717) is 22.2 Å². The lowest BCUT2D eigenvalue weighted by Gasteiger charge is -2.07. The number of fused-ring (bicyclic) bond motifs is 1. The molecule has 4 nitrogen and oxygen atoms in total. The van der Waals surface area contributed by atoms with E-state index in [0.717, 1.165) is 3.97 Å². The van der Waals surface area contributed by atoms with Gasteiger partial charge in [-0.2, -0.15) is 0 Å². The number of halogens is 1.